The van der Waals surface area contributed by atoms with Crippen molar-refractivity contribution >= 4 is 0 Å². The zero-order valence-electron chi connectivity index (χ0n) is 13.7. The molecule has 1 saturated heterocycles. The molecule has 1 aromatic rings. The molecule has 0 spiro atoms. The second-order valence-electron chi connectivity index (χ2n) is 7.45. The van der Waals surface area contributed by atoms with E-state index >= 15 is 0 Å². The largest absolute Gasteiger partial charge is 0.463 e. The Labute approximate surface area is 123 Å². The summed E-state index contributed by atoms with van der Waals surface area (Å²) in [6.45, 7) is 15.4. The van der Waals surface area contributed by atoms with Crippen LogP contribution in [0.25, 0.3) is 0 Å². The first-order chi connectivity index (χ1) is 9.33. The number of furan rings is 1. The van der Waals surface area contributed by atoms with Crippen LogP contribution < -0.4 is 5.32 Å². The van der Waals surface area contributed by atoms with Crippen LogP contribution in [0.5, 0.6) is 0 Å². The average Bonchev–Trinajstić information content (AvgIpc) is 2.78. The summed E-state index contributed by atoms with van der Waals surface area (Å²) in [6, 6.07) is 4.23. The zero-order valence-corrected chi connectivity index (χ0v) is 13.7. The van der Waals surface area contributed by atoms with Crippen LogP contribution in [0.4, 0.5) is 0 Å². The monoisotopic (exact) mass is 278 g/mol. The molecular formula is C17H30N2O. The van der Waals surface area contributed by atoms with Gasteiger partial charge >= 0.3 is 0 Å². The predicted octanol–water partition coefficient (Wildman–Crippen LogP) is 3.65. The van der Waals surface area contributed by atoms with Gasteiger partial charge in [-0.1, -0.05) is 13.8 Å². The maximum Gasteiger partial charge on any atom is 0.118 e. The molecule has 3 nitrogen and oxygen atoms in total. The normalized spacial score (nSPS) is 25.1. The van der Waals surface area contributed by atoms with Crippen molar-refractivity contribution in [2.75, 3.05) is 13.1 Å². The summed E-state index contributed by atoms with van der Waals surface area (Å²) in [7, 11) is 0. The van der Waals surface area contributed by atoms with Crippen LogP contribution >= 0.6 is 0 Å². The minimum atomic E-state index is 0.130. The SMILES string of the molecule is CC1CCN(Cc2ccc(CNC(C)(C)C)o2)CC1C. The second kappa shape index (κ2) is 6.31. The first-order valence-corrected chi connectivity index (χ1v) is 7.88. The summed E-state index contributed by atoms with van der Waals surface area (Å²) in [4.78, 5) is 2.52. The van der Waals surface area contributed by atoms with Crippen molar-refractivity contribution in [2.24, 2.45) is 11.8 Å². The van der Waals surface area contributed by atoms with E-state index in [4.69, 9.17) is 4.42 Å². The predicted molar refractivity (Wildman–Crippen MR) is 83.5 cm³/mol. The zero-order chi connectivity index (χ0) is 14.8. The Morgan fingerprint density at radius 2 is 1.90 bits per heavy atom. The van der Waals surface area contributed by atoms with Crippen molar-refractivity contribution in [3.05, 3.63) is 23.7 Å². The first kappa shape index (κ1) is 15.6. The van der Waals surface area contributed by atoms with Crippen LogP contribution in [0.15, 0.2) is 16.5 Å². The van der Waals surface area contributed by atoms with Gasteiger partial charge in [0.05, 0.1) is 13.1 Å². The lowest BCUT2D eigenvalue weighted by atomic mass is 9.89. The van der Waals surface area contributed by atoms with Gasteiger partial charge in [-0.05, 0) is 57.7 Å². The molecule has 2 atom stereocenters. The Morgan fingerprint density at radius 3 is 2.55 bits per heavy atom. The molecule has 1 aliphatic heterocycles. The van der Waals surface area contributed by atoms with Crippen molar-refractivity contribution < 1.29 is 4.42 Å². The smallest absolute Gasteiger partial charge is 0.118 e. The van der Waals surface area contributed by atoms with E-state index < -0.39 is 0 Å². The van der Waals surface area contributed by atoms with Crippen LogP contribution in [0.1, 0.15) is 52.6 Å². The fourth-order valence-corrected chi connectivity index (χ4v) is 2.67. The van der Waals surface area contributed by atoms with Gasteiger partial charge in [0.1, 0.15) is 11.5 Å². The van der Waals surface area contributed by atoms with Gasteiger partial charge in [0, 0.05) is 12.1 Å². The van der Waals surface area contributed by atoms with Crippen molar-refractivity contribution in [3.63, 3.8) is 0 Å². The molecule has 0 amide bonds. The Hall–Kier alpha value is -0.800. The number of likely N-dealkylation sites (tertiary alicyclic amines) is 1. The molecule has 114 valence electrons. The van der Waals surface area contributed by atoms with Crippen molar-refractivity contribution in [3.8, 4) is 0 Å². The lowest BCUT2D eigenvalue weighted by Crippen LogP contribution is -2.37. The van der Waals surface area contributed by atoms with Gasteiger partial charge in [-0.3, -0.25) is 4.90 Å². The van der Waals surface area contributed by atoms with Gasteiger partial charge in [0.15, 0.2) is 0 Å². The van der Waals surface area contributed by atoms with Crippen LogP contribution in [0.2, 0.25) is 0 Å². The number of nitrogens with zero attached hydrogens (tertiary/aromatic N) is 1. The van der Waals surface area contributed by atoms with Gasteiger partial charge < -0.3 is 9.73 Å². The quantitative estimate of drug-likeness (QED) is 0.911. The van der Waals surface area contributed by atoms with Gasteiger partial charge in [0.25, 0.3) is 0 Å². The van der Waals surface area contributed by atoms with E-state index in [2.05, 4.69) is 57.0 Å². The first-order valence-electron chi connectivity index (χ1n) is 7.88. The van der Waals surface area contributed by atoms with Gasteiger partial charge in [-0.2, -0.15) is 0 Å². The minimum absolute atomic E-state index is 0.130. The van der Waals surface area contributed by atoms with Crippen LogP contribution in [0.3, 0.4) is 0 Å². The highest BCUT2D eigenvalue weighted by atomic mass is 16.3. The molecule has 0 aliphatic carbocycles. The molecule has 1 fully saturated rings. The lowest BCUT2D eigenvalue weighted by molar-refractivity contribution is 0.124. The van der Waals surface area contributed by atoms with E-state index in [9.17, 15) is 0 Å². The highest BCUT2D eigenvalue weighted by molar-refractivity contribution is 5.07. The van der Waals surface area contributed by atoms with E-state index in [0.717, 1.165) is 36.4 Å². The molecule has 0 radical (unpaired) electrons. The summed E-state index contributed by atoms with van der Waals surface area (Å²) in [6.07, 6.45) is 1.31. The number of hydrogen-bond donors (Lipinski definition) is 1. The summed E-state index contributed by atoms with van der Waals surface area (Å²) in [5.74, 6) is 3.78. The number of nitrogens with one attached hydrogen (secondary N) is 1. The van der Waals surface area contributed by atoms with Crippen LogP contribution in [-0.2, 0) is 13.1 Å². The standard InChI is InChI=1S/C17H30N2O/c1-13-8-9-19(11-14(13)2)12-16-7-6-15(20-16)10-18-17(3,4)5/h6-7,13-14,18H,8-12H2,1-5H3. The number of hydrogen-bond acceptors (Lipinski definition) is 3. The van der Waals surface area contributed by atoms with Crippen LogP contribution in [0, 0.1) is 11.8 Å². The Kier molecular flexibility index (Phi) is 4.92. The summed E-state index contributed by atoms with van der Waals surface area (Å²) in [5, 5.41) is 3.46. The fraction of sp³-hybridized carbons (Fsp3) is 0.765. The molecule has 2 unspecified atom stereocenters. The second-order valence-corrected chi connectivity index (χ2v) is 7.45. The molecular weight excluding hydrogens is 248 g/mol. The molecule has 1 aromatic heterocycles. The fourth-order valence-electron chi connectivity index (χ4n) is 2.67. The van der Waals surface area contributed by atoms with E-state index in [1.165, 1.54) is 19.5 Å². The van der Waals surface area contributed by atoms with Crippen LogP contribution in [-0.4, -0.2) is 23.5 Å². The van der Waals surface area contributed by atoms with Crippen molar-refractivity contribution in [2.45, 2.75) is 59.7 Å². The highest BCUT2D eigenvalue weighted by Crippen LogP contribution is 2.24. The van der Waals surface area contributed by atoms with E-state index in [1.807, 2.05) is 0 Å². The Morgan fingerprint density at radius 1 is 1.20 bits per heavy atom. The molecule has 2 heterocycles. The third-order valence-electron chi connectivity index (χ3n) is 4.31. The van der Waals surface area contributed by atoms with E-state index in [-0.39, 0.29) is 5.54 Å². The maximum atomic E-state index is 5.94. The third-order valence-corrected chi connectivity index (χ3v) is 4.31. The van der Waals surface area contributed by atoms with E-state index in [0.29, 0.717) is 0 Å². The summed E-state index contributed by atoms with van der Waals surface area (Å²) < 4.78 is 5.94. The summed E-state index contributed by atoms with van der Waals surface area (Å²) in [5.41, 5.74) is 0.130. The average molecular weight is 278 g/mol. The molecule has 1 N–H and O–H groups in total. The number of rotatable bonds is 4. The molecule has 1 aliphatic rings. The third kappa shape index (κ3) is 4.64. The van der Waals surface area contributed by atoms with Gasteiger partial charge in [-0.25, -0.2) is 0 Å². The van der Waals surface area contributed by atoms with Gasteiger partial charge in [0.2, 0.25) is 0 Å². The lowest BCUT2D eigenvalue weighted by Gasteiger charge is -2.34. The van der Waals surface area contributed by atoms with E-state index in [1.54, 1.807) is 0 Å². The van der Waals surface area contributed by atoms with Gasteiger partial charge in [-0.15, -0.1) is 0 Å². The molecule has 0 bridgehead atoms. The maximum absolute atomic E-state index is 5.94. The minimum Gasteiger partial charge on any atom is -0.463 e. The summed E-state index contributed by atoms with van der Waals surface area (Å²) >= 11 is 0. The van der Waals surface area contributed by atoms with Crippen molar-refractivity contribution in [1.82, 2.24) is 10.2 Å². The van der Waals surface area contributed by atoms with Crippen molar-refractivity contribution in [1.29, 1.82) is 0 Å². The molecule has 20 heavy (non-hydrogen) atoms. The molecule has 0 saturated carbocycles. The molecule has 2 rings (SSSR count). The Bertz CT molecular complexity index is 419. The highest BCUT2D eigenvalue weighted by Gasteiger charge is 2.23. The number of piperidine rings is 1. The molecule has 3 heteroatoms. The molecule has 0 aromatic carbocycles. The topological polar surface area (TPSA) is 28.4 Å². The Balaban J connectivity index is 1.84.